The molecule has 1 aliphatic carbocycles. The molecule has 1 N–H and O–H groups in total. The van der Waals surface area contributed by atoms with Gasteiger partial charge in [0.15, 0.2) is 0 Å². The van der Waals surface area contributed by atoms with Gasteiger partial charge in [0, 0.05) is 65.5 Å². The van der Waals surface area contributed by atoms with Gasteiger partial charge in [0.2, 0.25) is 10.0 Å². The Morgan fingerprint density at radius 3 is 2.57 bits per heavy atom. The van der Waals surface area contributed by atoms with Gasteiger partial charge in [-0.15, -0.1) is 11.3 Å². The van der Waals surface area contributed by atoms with Gasteiger partial charge in [0.1, 0.15) is 23.3 Å². The SMILES string of the molecule is Cc1nc2cnc(N(C)C3CCN(C4CC(C(F)(F)F)C4)CC3)c(C#N)c2c(=O)n1CC#Cc1ccc(Cl)cc1-c1ccnc2c(C(=O)NS(C)(=O)=O)csc12. The normalized spacial score (nSPS) is 17.9. The highest BCUT2D eigenvalue weighted by Gasteiger charge is 2.49. The quantitative estimate of drug-likeness (QED) is 0.197. The van der Waals surface area contributed by atoms with Crippen LogP contribution in [0.2, 0.25) is 5.02 Å². The van der Waals surface area contributed by atoms with Gasteiger partial charge in [-0.3, -0.25) is 19.1 Å². The Kier molecular flexibility index (Phi) is 10.6. The molecular weight excluding hydrogens is 789 g/mol. The Bertz CT molecular complexity index is 2670. The van der Waals surface area contributed by atoms with Crippen molar-refractivity contribution in [2.24, 2.45) is 5.92 Å². The number of hydrogen-bond acceptors (Lipinski definition) is 11. The molecule has 0 radical (unpaired) electrons. The fourth-order valence-corrected chi connectivity index (χ4v) is 9.08. The highest BCUT2D eigenvalue weighted by molar-refractivity contribution is 7.89. The molecule has 1 amide bonds. The monoisotopic (exact) mass is 822 g/mol. The number of nitrogens with one attached hydrogen (secondary N) is 1. The van der Waals surface area contributed by atoms with E-state index < -0.39 is 33.6 Å². The summed E-state index contributed by atoms with van der Waals surface area (Å²) in [6.45, 7) is 2.86. The molecule has 7 rings (SSSR count). The summed E-state index contributed by atoms with van der Waals surface area (Å²) in [4.78, 5) is 44.2. The lowest BCUT2D eigenvalue weighted by Crippen LogP contribution is -2.53. The fourth-order valence-electron chi connectivity index (χ4n) is 7.42. The van der Waals surface area contributed by atoms with Crippen LogP contribution in [-0.2, 0) is 16.6 Å². The van der Waals surface area contributed by atoms with Crippen molar-refractivity contribution in [3.63, 3.8) is 0 Å². The number of piperidine rings is 1. The molecule has 18 heteroatoms. The molecule has 1 aromatic carbocycles. The Hall–Kier alpha value is -5.07. The molecule has 290 valence electrons. The van der Waals surface area contributed by atoms with E-state index in [1.165, 1.54) is 33.7 Å². The number of likely N-dealkylation sites (tertiary alicyclic amines) is 1. The van der Waals surface area contributed by atoms with Gasteiger partial charge in [-0.2, -0.15) is 18.4 Å². The van der Waals surface area contributed by atoms with Gasteiger partial charge in [-0.05, 0) is 56.9 Å². The summed E-state index contributed by atoms with van der Waals surface area (Å²) in [6.07, 6.45) is 1.31. The number of anilines is 1. The van der Waals surface area contributed by atoms with E-state index in [2.05, 4.69) is 37.8 Å². The number of aryl methyl sites for hydroxylation is 1. The zero-order valence-electron chi connectivity index (χ0n) is 30.3. The van der Waals surface area contributed by atoms with Gasteiger partial charge in [0.05, 0.1) is 51.6 Å². The van der Waals surface area contributed by atoms with Gasteiger partial charge < -0.3 is 9.80 Å². The van der Waals surface area contributed by atoms with Crippen molar-refractivity contribution in [1.82, 2.24) is 29.1 Å². The highest BCUT2D eigenvalue weighted by Crippen LogP contribution is 2.44. The Labute approximate surface area is 329 Å². The van der Waals surface area contributed by atoms with Gasteiger partial charge >= 0.3 is 6.18 Å². The van der Waals surface area contributed by atoms with Gasteiger partial charge in [-0.25, -0.2) is 23.1 Å². The smallest absolute Gasteiger partial charge is 0.355 e. The molecule has 56 heavy (non-hydrogen) atoms. The van der Waals surface area contributed by atoms with E-state index in [1.54, 1.807) is 31.2 Å². The van der Waals surface area contributed by atoms with Crippen LogP contribution >= 0.6 is 22.9 Å². The molecule has 12 nitrogen and oxygen atoms in total. The molecule has 1 saturated heterocycles. The maximum absolute atomic E-state index is 14.1. The Balaban J connectivity index is 1.15. The number of alkyl halides is 3. The number of fused-ring (bicyclic) bond motifs is 2. The second kappa shape index (κ2) is 15.1. The third-order valence-corrected chi connectivity index (χ3v) is 12.3. The van der Waals surface area contributed by atoms with Crippen LogP contribution in [0.1, 0.15) is 53.0 Å². The first kappa shape index (κ1) is 39.2. The van der Waals surface area contributed by atoms with E-state index >= 15 is 0 Å². The molecule has 5 aromatic rings. The number of benzene rings is 1. The number of rotatable bonds is 7. The number of nitriles is 1. The van der Waals surface area contributed by atoms with Crippen LogP contribution < -0.4 is 15.2 Å². The van der Waals surface area contributed by atoms with Gasteiger partial charge in [-0.1, -0.05) is 23.4 Å². The van der Waals surface area contributed by atoms with Crippen LogP contribution in [0.15, 0.2) is 46.8 Å². The zero-order valence-corrected chi connectivity index (χ0v) is 32.7. The van der Waals surface area contributed by atoms with Crippen LogP contribution in [-0.4, -0.2) is 83.4 Å². The summed E-state index contributed by atoms with van der Waals surface area (Å²) >= 11 is 7.63. The number of carbonyl (C=O) groups is 1. The first-order valence-corrected chi connectivity index (χ1v) is 20.7. The lowest BCUT2D eigenvalue weighted by atomic mass is 9.78. The van der Waals surface area contributed by atoms with E-state index in [0.717, 1.165) is 6.26 Å². The minimum atomic E-state index is -4.15. The van der Waals surface area contributed by atoms with Crippen molar-refractivity contribution in [2.45, 2.75) is 57.4 Å². The molecule has 0 bridgehead atoms. The Morgan fingerprint density at radius 2 is 1.89 bits per heavy atom. The lowest BCUT2D eigenvalue weighted by molar-refractivity contribution is -0.207. The summed E-state index contributed by atoms with van der Waals surface area (Å²) in [5, 5.41) is 12.4. The van der Waals surface area contributed by atoms with Crippen molar-refractivity contribution in [3.05, 3.63) is 79.9 Å². The van der Waals surface area contributed by atoms with Crippen molar-refractivity contribution >= 4 is 65.8 Å². The van der Waals surface area contributed by atoms with Crippen molar-refractivity contribution < 1.29 is 26.4 Å². The summed E-state index contributed by atoms with van der Waals surface area (Å²) in [5.41, 5.74) is 2.17. The zero-order chi connectivity index (χ0) is 40.1. The number of hydrogen-bond donors (Lipinski definition) is 1. The Morgan fingerprint density at radius 1 is 1.16 bits per heavy atom. The summed E-state index contributed by atoms with van der Waals surface area (Å²) in [5.74, 6) is 4.86. The maximum atomic E-state index is 14.1. The fraction of sp³-hybridized carbons (Fsp3) is 0.368. The van der Waals surface area contributed by atoms with Crippen LogP contribution in [0, 0.1) is 36.0 Å². The first-order chi connectivity index (χ1) is 26.5. The first-order valence-electron chi connectivity index (χ1n) is 17.5. The number of thiophene rings is 1. The summed E-state index contributed by atoms with van der Waals surface area (Å²) < 4.78 is 66.5. The molecule has 2 fully saturated rings. The van der Waals surface area contributed by atoms with Crippen LogP contribution in [0.25, 0.3) is 32.2 Å². The maximum Gasteiger partial charge on any atom is 0.391 e. The molecule has 1 saturated carbocycles. The van der Waals surface area contributed by atoms with E-state index in [-0.39, 0.29) is 53.5 Å². The predicted octanol–water partition coefficient (Wildman–Crippen LogP) is 5.88. The number of sulfonamides is 1. The van der Waals surface area contributed by atoms with Crippen LogP contribution in [0.5, 0.6) is 0 Å². The molecule has 0 atom stereocenters. The van der Waals surface area contributed by atoms with Crippen molar-refractivity contribution in [3.8, 4) is 29.0 Å². The average Bonchev–Trinajstić information content (AvgIpc) is 3.56. The average molecular weight is 823 g/mol. The number of nitrogens with zero attached hydrogens (tertiary/aromatic N) is 7. The third-order valence-electron chi connectivity index (χ3n) is 10.5. The molecule has 4 aromatic heterocycles. The molecule has 5 heterocycles. The number of amides is 1. The van der Waals surface area contributed by atoms with Crippen LogP contribution in [0.4, 0.5) is 19.0 Å². The minimum Gasteiger partial charge on any atom is -0.355 e. The number of carbonyl (C=O) groups excluding carboxylic acids is 1. The van der Waals surface area contributed by atoms with E-state index in [0.29, 0.717) is 69.5 Å². The number of pyridine rings is 2. The van der Waals surface area contributed by atoms with Crippen molar-refractivity contribution in [2.75, 3.05) is 31.3 Å². The third kappa shape index (κ3) is 7.69. The second-order valence-electron chi connectivity index (χ2n) is 14.0. The topological polar surface area (TPSA) is 154 Å². The van der Waals surface area contributed by atoms with E-state index in [1.807, 2.05) is 16.7 Å². The molecular formula is C38H34ClF3N8O4S2. The molecule has 1 aliphatic heterocycles. The van der Waals surface area contributed by atoms with Crippen molar-refractivity contribution in [1.29, 1.82) is 5.26 Å². The molecule has 2 aliphatic rings. The number of aromatic nitrogens is 4. The largest absolute Gasteiger partial charge is 0.391 e. The van der Waals surface area contributed by atoms with Gasteiger partial charge in [0.25, 0.3) is 11.5 Å². The highest BCUT2D eigenvalue weighted by atomic mass is 35.5. The van der Waals surface area contributed by atoms with E-state index in [4.69, 9.17) is 11.6 Å². The summed E-state index contributed by atoms with van der Waals surface area (Å²) in [7, 11) is -1.99. The predicted molar refractivity (Wildman–Crippen MR) is 208 cm³/mol. The standard InChI is InChI=1S/C38H34ClF3N8O4S2/c1-21-46-31-19-45-35(48(2)25-9-13-49(14-10-25)26-15-23(16-26)38(40,41)42)29(18-43)32(31)37(52)50(21)12-4-5-22-6-7-24(39)17-28(22)27-8-11-44-33-30(20-55-34(27)33)36(51)47-56(3,53)54/h6-8,11,17,19-20,23,25-26H,9-10,12-16H2,1-3H3,(H,47,51). The van der Waals surface area contributed by atoms with Crippen LogP contribution in [0.3, 0.4) is 0 Å². The minimum absolute atomic E-state index is 0.0334. The molecule has 0 spiro atoms. The second-order valence-corrected chi connectivity index (χ2v) is 17.1. The number of halogens is 4. The van der Waals surface area contributed by atoms with E-state index in [9.17, 15) is 36.4 Å². The summed E-state index contributed by atoms with van der Waals surface area (Å²) in [6, 6.07) is 8.93. The molecule has 0 unspecified atom stereocenters. The lowest BCUT2D eigenvalue weighted by Gasteiger charge is -2.47.